The second kappa shape index (κ2) is 38.5. The summed E-state index contributed by atoms with van der Waals surface area (Å²) < 4.78 is 32.7. The lowest BCUT2D eigenvalue weighted by molar-refractivity contribution is -0.161. The predicted molar refractivity (Wildman–Crippen MR) is 211 cm³/mol. The van der Waals surface area contributed by atoms with Gasteiger partial charge in [-0.2, -0.15) is 0 Å². The highest BCUT2D eigenvalue weighted by molar-refractivity contribution is 7.47. The number of phosphoric ester groups is 1. The summed E-state index contributed by atoms with van der Waals surface area (Å²) in [4.78, 5) is 34.8. The van der Waals surface area contributed by atoms with Crippen molar-refractivity contribution in [3.05, 3.63) is 12.2 Å². The van der Waals surface area contributed by atoms with Crippen molar-refractivity contribution < 1.29 is 37.6 Å². The molecule has 0 aliphatic rings. The van der Waals surface area contributed by atoms with Gasteiger partial charge in [-0.1, -0.05) is 174 Å². The third kappa shape index (κ3) is 38.3. The van der Waals surface area contributed by atoms with Crippen LogP contribution in [0.15, 0.2) is 12.2 Å². The molecular weight excluding hydrogens is 665 g/mol. The molecule has 0 aromatic rings. The molecule has 0 radical (unpaired) electrons. The van der Waals surface area contributed by atoms with Crippen LogP contribution in [0.3, 0.4) is 0 Å². The fourth-order valence-electron chi connectivity index (χ4n) is 5.97. The Morgan fingerprint density at radius 2 is 0.980 bits per heavy atom. The van der Waals surface area contributed by atoms with Crippen LogP contribution in [0.5, 0.6) is 0 Å². The van der Waals surface area contributed by atoms with Crippen LogP contribution >= 0.6 is 7.82 Å². The number of ether oxygens (including phenoxy) is 2. The molecule has 0 aliphatic carbocycles. The lowest BCUT2D eigenvalue weighted by atomic mass is 10.0. The largest absolute Gasteiger partial charge is 0.472 e. The van der Waals surface area contributed by atoms with Crippen molar-refractivity contribution in [3.63, 3.8) is 0 Å². The van der Waals surface area contributed by atoms with Gasteiger partial charge in [0, 0.05) is 19.4 Å². The molecule has 302 valence electrons. The van der Waals surface area contributed by atoms with Gasteiger partial charge in [-0.3, -0.25) is 18.6 Å². The van der Waals surface area contributed by atoms with Crippen molar-refractivity contribution in [2.75, 3.05) is 26.4 Å². The summed E-state index contributed by atoms with van der Waals surface area (Å²) in [5.74, 6) is -0.831. The average Bonchev–Trinajstić information content (AvgIpc) is 3.11. The van der Waals surface area contributed by atoms with Gasteiger partial charge in [0.1, 0.15) is 6.61 Å². The number of allylic oxidation sites excluding steroid dienone is 2. The van der Waals surface area contributed by atoms with Gasteiger partial charge in [0.2, 0.25) is 0 Å². The highest BCUT2D eigenvalue weighted by atomic mass is 31.2. The van der Waals surface area contributed by atoms with Gasteiger partial charge in [-0.25, -0.2) is 4.57 Å². The standard InChI is InChI=1S/C41H80NO8P/c1-3-5-7-9-11-13-15-16-17-18-19-20-21-22-24-25-27-29-31-33-40(43)47-37-39(38-49-51(45,46)48-36-35-42)50-41(44)34-32-30-28-26-23-14-12-10-8-6-4-2/h10,12,39H,3-9,11,13-38,42H2,1-2H3,(H,45,46)/b12-10+/t39-/m0/s1. The summed E-state index contributed by atoms with van der Waals surface area (Å²) >= 11 is 0. The fraction of sp³-hybridized carbons (Fsp3) is 0.902. The van der Waals surface area contributed by atoms with Crippen molar-refractivity contribution in [2.24, 2.45) is 5.73 Å². The summed E-state index contributed by atoms with van der Waals surface area (Å²) in [6.45, 7) is 3.70. The van der Waals surface area contributed by atoms with Gasteiger partial charge in [-0.05, 0) is 32.1 Å². The van der Waals surface area contributed by atoms with Gasteiger partial charge in [0.25, 0.3) is 0 Å². The van der Waals surface area contributed by atoms with Crippen molar-refractivity contribution in [1.29, 1.82) is 0 Å². The Balaban J connectivity index is 4.07. The van der Waals surface area contributed by atoms with E-state index >= 15 is 0 Å². The number of unbranched alkanes of at least 4 members (excludes halogenated alkanes) is 25. The number of nitrogens with two attached hydrogens (primary N) is 1. The summed E-state index contributed by atoms with van der Waals surface area (Å²) in [6.07, 6.45) is 38.2. The minimum absolute atomic E-state index is 0.0546. The van der Waals surface area contributed by atoms with Crippen LogP contribution in [0.25, 0.3) is 0 Å². The Kier molecular flexibility index (Phi) is 37.5. The zero-order chi connectivity index (χ0) is 37.5. The first-order valence-electron chi connectivity index (χ1n) is 21.2. The molecule has 0 saturated carbocycles. The molecule has 1 unspecified atom stereocenters. The maximum atomic E-state index is 12.5. The van der Waals surface area contributed by atoms with Crippen LogP contribution in [-0.4, -0.2) is 49.3 Å². The molecule has 0 bridgehead atoms. The maximum absolute atomic E-state index is 12.5. The third-order valence-electron chi connectivity index (χ3n) is 9.15. The van der Waals surface area contributed by atoms with E-state index in [2.05, 4.69) is 26.0 Å². The van der Waals surface area contributed by atoms with Crippen molar-refractivity contribution >= 4 is 19.8 Å². The SMILES string of the molecule is CCCC/C=C/CCCCCCCC(=O)O[C@@H](COC(=O)CCCCCCCCCCCCCCCCCCCCC)COP(=O)(O)OCCN. The van der Waals surface area contributed by atoms with Crippen molar-refractivity contribution in [3.8, 4) is 0 Å². The number of carbonyl (C=O) groups is 2. The Bertz CT molecular complexity index is 856. The first kappa shape index (κ1) is 49.8. The van der Waals surface area contributed by atoms with Crippen molar-refractivity contribution in [1.82, 2.24) is 0 Å². The monoisotopic (exact) mass is 746 g/mol. The average molecular weight is 746 g/mol. The molecule has 0 heterocycles. The van der Waals surface area contributed by atoms with E-state index in [-0.39, 0.29) is 38.6 Å². The summed E-state index contributed by atoms with van der Waals surface area (Å²) in [5.41, 5.74) is 5.34. The molecule has 9 nitrogen and oxygen atoms in total. The predicted octanol–water partition coefficient (Wildman–Crippen LogP) is 11.8. The second-order valence-electron chi connectivity index (χ2n) is 14.2. The highest BCUT2D eigenvalue weighted by Crippen LogP contribution is 2.43. The van der Waals surface area contributed by atoms with E-state index in [4.69, 9.17) is 24.3 Å². The van der Waals surface area contributed by atoms with E-state index in [9.17, 15) is 19.0 Å². The quantitative estimate of drug-likeness (QED) is 0.0272. The third-order valence-corrected chi connectivity index (χ3v) is 10.1. The van der Waals surface area contributed by atoms with E-state index in [1.807, 2.05) is 0 Å². The molecule has 0 saturated heterocycles. The first-order valence-corrected chi connectivity index (χ1v) is 22.7. The zero-order valence-electron chi connectivity index (χ0n) is 33.1. The fourth-order valence-corrected chi connectivity index (χ4v) is 6.73. The van der Waals surface area contributed by atoms with Crippen LogP contribution < -0.4 is 5.73 Å². The number of hydrogen-bond acceptors (Lipinski definition) is 8. The minimum Gasteiger partial charge on any atom is -0.462 e. The maximum Gasteiger partial charge on any atom is 0.472 e. The first-order chi connectivity index (χ1) is 24.8. The van der Waals surface area contributed by atoms with E-state index < -0.39 is 26.5 Å². The van der Waals surface area contributed by atoms with Gasteiger partial charge < -0.3 is 20.1 Å². The molecule has 0 aromatic heterocycles. The van der Waals surface area contributed by atoms with Gasteiger partial charge in [0.15, 0.2) is 6.10 Å². The molecule has 2 atom stereocenters. The molecule has 0 fully saturated rings. The lowest BCUT2D eigenvalue weighted by Gasteiger charge is -2.19. The van der Waals surface area contributed by atoms with Crippen LogP contribution in [0.1, 0.15) is 206 Å². The summed E-state index contributed by atoms with van der Waals surface area (Å²) in [6, 6.07) is 0. The molecule has 0 amide bonds. The smallest absolute Gasteiger partial charge is 0.462 e. The van der Waals surface area contributed by atoms with E-state index in [0.29, 0.717) is 6.42 Å². The van der Waals surface area contributed by atoms with Gasteiger partial charge in [0.05, 0.1) is 13.2 Å². The number of rotatable bonds is 40. The molecule has 0 aromatic carbocycles. The Morgan fingerprint density at radius 1 is 0.569 bits per heavy atom. The number of hydrogen-bond donors (Lipinski definition) is 2. The van der Waals surface area contributed by atoms with Crippen LogP contribution in [-0.2, 0) is 32.7 Å². The summed E-state index contributed by atoms with van der Waals surface area (Å²) in [5, 5.41) is 0. The summed E-state index contributed by atoms with van der Waals surface area (Å²) in [7, 11) is -4.37. The molecule has 3 N–H and O–H groups in total. The normalized spacial score (nSPS) is 13.4. The Morgan fingerprint density at radius 3 is 1.45 bits per heavy atom. The van der Waals surface area contributed by atoms with E-state index in [0.717, 1.165) is 57.8 Å². The lowest BCUT2D eigenvalue weighted by Crippen LogP contribution is -2.29. The Labute approximate surface area is 313 Å². The van der Waals surface area contributed by atoms with Crippen molar-refractivity contribution in [2.45, 2.75) is 213 Å². The molecular formula is C41H80NO8P. The zero-order valence-corrected chi connectivity index (χ0v) is 34.0. The van der Waals surface area contributed by atoms with Gasteiger partial charge in [-0.15, -0.1) is 0 Å². The molecule has 0 spiro atoms. The second-order valence-corrected chi connectivity index (χ2v) is 15.7. The molecule has 10 heteroatoms. The van der Waals surface area contributed by atoms with Crippen LogP contribution in [0.4, 0.5) is 0 Å². The highest BCUT2D eigenvalue weighted by Gasteiger charge is 2.26. The number of esters is 2. The molecule has 0 aliphatic heterocycles. The molecule has 0 rings (SSSR count). The van der Waals surface area contributed by atoms with E-state index in [1.165, 1.54) is 116 Å². The number of phosphoric acid groups is 1. The van der Waals surface area contributed by atoms with Crippen LogP contribution in [0, 0.1) is 0 Å². The number of carbonyl (C=O) groups excluding carboxylic acids is 2. The van der Waals surface area contributed by atoms with Gasteiger partial charge >= 0.3 is 19.8 Å². The van der Waals surface area contributed by atoms with E-state index in [1.54, 1.807) is 0 Å². The Hall–Kier alpha value is -1.25. The minimum atomic E-state index is -4.37. The molecule has 51 heavy (non-hydrogen) atoms. The van der Waals surface area contributed by atoms with Crippen LogP contribution in [0.2, 0.25) is 0 Å². The topological polar surface area (TPSA) is 134 Å².